The number of carbonyl (C=O) groups is 1. The number of rotatable bonds is 2. The van der Waals surface area contributed by atoms with Gasteiger partial charge < -0.3 is 10.6 Å². The van der Waals surface area contributed by atoms with Gasteiger partial charge in [0.25, 0.3) is 0 Å². The molecule has 2 heterocycles. The highest BCUT2D eigenvalue weighted by Crippen LogP contribution is 2.32. The van der Waals surface area contributed by atoms with Crippen molar-refractivity contribution in [3.05, 3.63) is 16.6 Å². The van der Waals surface area contributed by atoms with Crippen molar-refractivity contribution in [3.8, 4) is 0 Å². The molecule has 1 aromatic rings. The predicted octanol–water partition coefficient (Wildman–Crippen LogP) is 1.93. The van der Waals surface area contributed by atoms with Gasteiger partial charge in [0, 0.05) is 30.1 Å². The van der Waals surface area contributed by atoms with E-state index >= 15 is 0 Å². The van der Waals surface area contributed by atoms with Crippen LogP contribution in [0.2, 0.25) is 0 Å². The number of amides is 1. The second kappa shape index (κ2) is 5.14. The molecule has 0 saturated carbocycles. The zero-order valence-electron chi connectivity index (χ0n) is 10.3. The summed E-state index contributed by atoms with van der Waals surface area (Å²) in [6, 6.07) is 0.112. The fourth-order valence-corrected chi connectivity index (χ4v) is 3.24. The van der Waals surface area contributed by atoms with E-state index in [4.69, 9.17) is 5.73 Å². The first-order valence-corrected chi connectivity index (χ1v) is 6.95. The van der Waals surface area contributed by atoms with Gasteiger partial charge in [0.05, 0.1) is 6.04 Å². The maximum Gasteiger partial charge on any atom is 0.223 e. The number of aromatic nitrogens is 1. The van der Waals surface area contributed by atoms with Crippen LogP contribution in [0.5, 0.6) is 0 Å². The summed E-state index contributed by atoms with van der Waals surface area (Å²) in [5.74, 6) is 0.202. The van der Waals surface area contributed by atoms with Crippen LogP contribution < -0.4 is 5.73 Å². The zero-order chi connectivity index (χ0) is 12.4. The van der Waals surface area contributed by atoms with Crippen LogP contribution in [0.25, 0.3) is 0 Å². The fourth-order valence-electron chi connectivity index (χ4n) is 2.43. The molecule has 2 rings (SSSR count). The van der Waals surface area contributed by atoms with Crippen LogP contribution in [-0.4, -0.2) is 27.9 Å². The highest BCUT2D eigenvalue weighted by Gasteiger charge is 2.35. The largest absolute Gasteiger partial charge is 0.329 e. The van der Waals surface area contributed by atoms with E-state index in [9.17, 15) is 4.79 Å². The fraction of sp³-hybridized carbons (Fsp3) is 0.667. The van der Waals surface area contributed by atoms with Crippen LogP contribution >= 0.6 is 11.3 Å². The Balaban J connectivity index is 2.36. The van der Waals surface area contributed by atoms with Gasteiger partial charge in [-0.05, 0) is 26.7 Å². The molecule has 1 aromatic heterocycles. The lowest BCUT2D eigenvalue weighted by molar-refractivity contribution is -0.135. The summed E-state index contributed by atoms with van der Waals surface area (Å²) in [6.45, 7) is 4.08. The summed E-state index contributed by atoms with van der Waals surface area (Å²) in [5, 5.41) is 2.90. The summed E-state index contributed by atoms with van der Waals surface area (Å²) in [4.78, 5) is 18.4. The number of likely N-dealkylation sites (tertiary alicyclic amines) is 1. The van der Waals surface area contributed by atoms with Gasteiger partial charge >= 0.3 is 0 Å². The number of hydrogen-bond acceptors (Lipinski definition) is 4. The van der Waals surface area contributed by atoms with Crippen LogP contribution in [-0.2, 0) is 4.79 Å². The molecule has 94 valence electrons. The van der Waals surface area contributed by atoms with E-state index in [1.807, 2.05) is 24.1 Å². The van der Waals surface area contributed by atoms with Gasteiger partial charge in [-0.3, -0.25) is 4.79 Å². The molecule has 4 nitrogen and oxygen atoms in total. The normalized spacial score (nSPS) is 26.4. The molecule has 0 bridgehead atoms. The zero-order valence-corrected chi connectivity index (χ0v) is 11.1. The predicted molar refractivity (Wildman–Crippen MR) is 68.7 cm³/mol. The molecule has 17 heavy (non-hydrogen) atoms. The summed E-state index contributed by atoms with van der Waals surface area (Å²) in [5.41, 5.74) is 6.23. The second-order valence-corrected chi connectivity index (χ2v) is 5.69. The van der Waals surface area contributed by atoms with Crippen LogP contribution in [0.1, 0.15) is 44.2 Å². The van der Waals surface area contributed by atoms with Gasteiger partial charge in [-0.15, -0.1) is 11.3 Å². The molecule has 1 fully saturated rings. The van der Waals surface area contributed by atoms with Gasteiger partial charge in [0.1, 0.15) is 5.01 Å². The molecular formula is C12H19N3OS. The monoisotopic (exact) mass is 253 g/mol. The van der Waals surface area contributed by atoms with Crippen molar-refractivity contribution in [3.63, 3.8) is 0 Å². The molecule has 0 radical (unpaired) electrons. The molecule has 2 atom stereocenters. The minimum atomic E-state index is -0.0509. The minimum absolute atomic E-state index is 0.00463. The quantitative estimate of drug-likeness (QED) is 0.876. The molecule has 5 heteroatoms. The number of carbonyl (C=O) groups excluding carboxylic acids is 1. The van der Waals surface area contributed by atoms with Crippen LogP contribution in [0.15, 0.2) is 11.6 Å². The Kier molecular flexibility index (Phi) is 3.79. The lowest BCUT2D eigenvalue weighted by atomic mass is 10.0. The SMILES string of the molecule is CC(C)N1C(=O)CCCC(N)C1c1nccs1. The Bertz CT molecular complexity index is 377. The molecule has 1 aliphatic heterocycles. The second-order valence-electron chi connectivity index (χ2n) is 4.77. The smallest absolute Gasteiger partial charge is 0.223 e. The molecule has 1 amide bonds. The van der Waals surface area contributed by atoms with Gasteiger partial charge in [0.2, 0.25) is 5.91 Å². The lowest BCUT2D eigenvalue weighted by Crippen LogP contribution is -2.45. The number of hydrogen-bond donors (Lipinski definition) is 1. The highest BCUT2D eigenvalue weighted by molar-refractivity contribution is 7.09. The molecule has 0 spiro atoms. The summed E-state index contributed by atoms with van der Waals surface area (Å²) >= 11 is 1.58. The number of nitrogens with two attached hydrogens (primary N) is 1. The topological polar surface area (TPSA) is 59.2 Å². The Morgan fingerprint density at radius 3 is 2.94 bits per heavy atom. The van der Waals surface area contributed by atoms with Crippen molar-refractivity contribution in [2.75, 3.05) is 0 Å². The van der Waals surface area contributed by atoms with E-state index < -0.39 is 0 Å². The Labute approximate surface area is 106 Å². The molecular weight excluding hydrogens is 234 g/mol. The third-order valence-corrected chi connectivity index (χ3v) is 4.03. The molecule has 0 aliphatic carbocycles. The van der Waals surface area contributed by atoms with Crippen molar-refractivity contribution in [2.45, 2.75) is 51.2 Å². The number of nitrogens with zero attached hydrogens (tertiary/aromatic N) is 2. The standard InChI is InChI=1S/C12H19N3OS/c1-8(2)15-10(16)5-3-4-9(13)11(15)12-14-6-7-17-12/h6-9,11H,3-5,13H2,1-2H3. The van der Waals surface area contributed by atoms with Crippen molar-refractivity contribution < 1.29 is 4.79 Å². The molecule has 2 N–H and O–H groups in total. The van der Waals surface area contributed by atoms with Crippen LogP contribution in [0.4, 0.5) is 0 Å². The van der Waals surface area contributed by atoms with E-state index in [1.165, 1.54) is 0 Å². The van der Waals surface area contributed by atoms with E-state index in [0.717, 1.165) is 17.8 Å². The average molecular weight is 253 g/mol. The van der Waals surface area contributed by atoms with Crippen LogP contribution in [0, 0.1) is 0 Å². The van der Waals surface area contributed by atoms with Crippen molar-refractivity contribution in [1.29, 1.82) is 0 Å². The number of thiazole rings is 1. The maximum atomic E-state index is 12.2. The molecule has 1 aliphatic rings. The van der Waals surface area contributed by atoms with Crippen molar-refractivity contribution >= 4 is 17.2 Å². The van der Waals surface area contributed by atoms with Crippen LogP contribution in [0.3, 0.4) is 0 Å². The molecule has 2 unspecified atom stereocenters. The van der Waals surface area contributed by atoms with Gasteiger partial charge in [-0.25, -0.2) is 4.98 Å². The van der Waals surface area contributed by atoms with Crippen molar-refractivity contribution in [2.24, 2.45) is 5.73 Å². The van der Waals surface area contributed by atoms with Crippen molar-refractivity contribution in [1.82, 2.24) is 9.88 Å². The van der Waals surface area contributed by atoms with Gasteiger partial charge in [-0.1, -0.05) is 0 Å². The van der Waals surface area contributed by atoms with E-state index in [1.54, 1.807) is 17.5 Å². The molecule has 0 aromatic carbocycles. The first-order valence-electron chi connectivity index (χ1n) is 6.07. The Morgan fingerprint density at radius 2 is 2.35 bits per heavy atom. The van der Waals surface area contributed by atoms with E-state index in [2.05, 4.69) is 4.98 Å². The molecule has 1 saturated heterocycles. The first-order chi connectivity index (χ1) is 8.11. The van der Waals surface area contributed by atoms with E-state index in [-0.39, 0.29) is 24.0 Å². The van der Waals surface area contributed by atoms with Gasteiger partial charge in [0.15, 0.2) is 0 Å². The Hall–Kier alpha value is -0.940. The summed E-state index contributed by atoms with van der Waals surface area (Å²) in [7, 11) is 0. The van der Waals surface area contributed by atoms with E-state index in [0.29, 0.717) is 6.42 Å². The average Bonchev–Trinajstić information content (AvgIpc) is 2.72. The van der Waals surface area contributed by atoms with Gasteiger partial charge in [-0.2, -0.15) is 0 Å². The lowest BCUT2D eigenvalue weighted by Gasteiger charge is -2.35. The summed E-state index contributed by atoms with van der Waals surface area (Å²) < 4.78 is 0. The Morgan fingerprint density at radius 1 is 1.59 bits per heavy atom. The third kappa shape index (κ3) is 2.50. The first kappa shape index (κ1) is 12.5. The summed E-state index contributed by atoms with van der Waals surface area (Å²) in [6.07, 6.45) is 4.15. The highest BCUT2D eigenvalue weighted by atomic mass is 32.1. The minimum Gasteiger partial charge on any atom is -0.329 e. The third-order valence-electron chi connectivity index (χ3n) is 3.18. The maximum absolute atomic E-state index is 12.2.